The minimum absolute atomic E-state index is 0.376. The molecule has 0 bridgehead atoms. The van der Waals surface area contributed by atoms with E-state index in [9.17, 15) is 0 Å². The first-order valence-corrected chi connectivity index (χ1v) is 9.65. The smallest absolute Gasteiger partial charge is 0.0701 e. The third-order valence-electron chi connectivity index (χ3n) is 3.54. The van der Waals surface area contributed by atoms with E-state index in [4.69, 9.17) is 0 Å². The maximum Gasteiger partial charge on any atom is 0.0701 e. The zero-order valence-electron chi connectivity index (χ0n) is 12.7. The molecule has 2 aromatic rings. The zero-order valence-corrected chi connectivity index (χ0v) is 16.7. The van der Waals surface area contributed by atoms with E-state index in [0.717, 1.165) is 19.4 Å². The monoisotopic (exact) mass is 429 g/mol. The molecule has 1 nitrogen and oxygen atoms in total. The molecule has 0 aliphatic heterocycles. The summed E-state index contributed by atoms with van der Waals surface area (Å²) >= 11 is 9.04. The Labute approximate surface area is 148 Å². The third-order valence-corrected chi connectivity index (χ3v) is 6.43. The van der Waals surface area contributed by atoms with Crippen molar-refractivity contribution in [2.24, 2.45) is 0 Å². The fourth-order valence-corrected chi connectivity index (χ4v) is 4.23. The van der Waals surface area contributed by atoms with Crippen molar-refractivity contribution >= 4 is 43.2 Å². The van der Waals surface area contributed by atoms with Gasteiger partial charge in [0.2, 0.25) is 0 Å². The number of nitrogens with one attached hydrogen (secondary N) is 1. The number of hydrogen-bond acceptors (Lipinski definition) is 2. The highest BCUT2D eigenvalue weighted by molar-refractivity contribution is 9.11. The molecule has 0 radical (unpaired) electrons. The minimum atomic E-state index is 0.376. The molecule has 0 fully saturated rings. The number of aryl methyl sites for hydroxylation is 2. The van der Waals surface area contributed by atoms with Gasteiger partial charge in [-0.15, -0.1) is 11.3 Å². The summed E-state index contributed by atoms with van der Waals surface area (Å²) in [5.41, 5.74) is 3.99. The Morgan fingerprint density at radius 1 is 1.14 bits per heavy atom. The van der Waals surface area contributed by atoms with Crippen molar-refractivity contribution in [3.8, 4) is 0 Å². The van der Waals surface area contributed by atoms with Gasteiger partial charge in [0.05, 0.1) is 3.79 Å². The molecule has 1 heterocycles. The van der Waals surface area contributed by atoms with Crippen LogP contribution in [-0.4, -0.2) is 6.54 Å². The van der Waals surface area contributed by atoms with Crippen LogP contribution in [0.3, 0.4) is 0 Å². The van der Waals surface area contributed by atoms with Gasteiger partial charge in [-0.3, -0.25) is 0 Å². The fourth-order valence-electron chi connectivity index (χ4n) is 2.47. The molecule has 0 aliphatic rings. The highest BCUT2D eigenvalue weighted by Gasteiger charge is 2.15. The molecule has 1 unspecified atom stereocenters. The Hall–Kier alpha value is -0.160. The van der Waals surface area contributed by atoms with Gasteiger partial charge < -0.3 is 5.32 Å². The predicted molar refractivity (Wildman–Crippen MR) is 100 cm³/mol. The second-order valence-electron chi connectivity index (χ2n) is 5.39. The van der Waals surface area contributed by atoms with Crippen LogP contribution in [0.5, 0.6) is 0 Å². The molecule has 4 heteroatoms. The van der Waals surface area contributed by atoms with Crippen LogP contribution in [-0.2, 0) is 6.42 Å². The molecule has 1 N–H and O–H groups in total. The van der Waals surface area contributed by atoms with Crippen molar-refractivity contribution in [2.45, 2.75) is 39.7 Å². The summed E-state index contributed by atoms with van der Waals surface area (Å²) in [5.74, 6) is 0. The quantitative estimate of drug-likeness (QED) is 0.577. The lowest BCUT2D eigenvalue weighted by Gasteiger charge is -2.20. The Morgan fingerprint density at radius 3 is 2.33 bits per heavy atom. The zero-order chi connectivity index (χ0) is 15.4. The van der Waals surface area contributed by atoms with Gasteiger partial charge in [-0.1, -0.05) is 35.0 Å². The molecule has 1 aromatic heterocycles. The van der Waals surface area contributed by atoms with Crippen molar-refractivity contribution in [3.63, 3.8) is 0 Å². The van der Waals surface area contributed by atoms with Crippen LogP contribution in [0.15, 0.2) is 32.5 Å². The minimum Gasteiger partial charge on any atom is -0.310 e. The molecule has 0 saturated carbocycles. The Kier molecular flexibility index (Phi) is 6.48. The number of rotatable bonds is 6. The van der Waals surface area contributed by atoms with Gasteiger partial charge in [0.25, 0.3) is 0 Å². The largest absolute Gasteiger partial charge is 0.310 e. The second kappa shape index (κ2) is 7.91. The summed E-state index contributed by atoms with van der Waals surface area (Å²) < 4.78 is 2.43. The number of benzene rings is 1. The predicted octanol–water partition coefficient (Wildman–Crippen LogP) is 6.17. The lowest BCUT2D eigenvalue weighted by molar-refractivity contribution is 0.531. The van der Waals surface area contributed by atoms with E-state index in [1.54, 1.807) is 0 Å². The normalized spacial score (nSPS) is 12.6. The van der Waals surface area contributed by atoms with Crippen LogP contribution in [0, 0.1) is 13.8 Å². The van der Waals surface area contributed by atoms with Gasteiger partial charge in [0, 0.05) is 21.8 Å². The topological polar surface area (TPSA) is 12.0 Å². The molecule has 1 atom stereocenters. The number of hydrogen-bond donors (Lipinski definition) is 1. The first kappa shape index (κ1) is 17.2. The van der Waals surface area contributed by atoms with Crippen LogP contribution in [0.4, 0.5) is 0 Å². The molecule has 1 aromatic carbocycles. The standard InChI is InChI=1S/C17H21Br2NS/c1-4-7-20-15(10-14-5-6-16(18)21-14)13-8-11(2)17(19)12(3)9-13/h5-6,8-9,15,20H,4,7,10H2,1-3H3. The SMILES string of the molecule is CCCNC(Cc1ccc(Br)s1)c1cc(C)c(Br)c(C)c1. The second-order valence-corrected chi connectivity index (χ2v) is 8.73. The summed E-state index contributed by atoms with van der Waals surface area (Å²) in [6, 6.07) is 9.32. The molecular weight excluding hydrogens is 410 g/mol. The van der Waals surface area contributed by atoms with Gasteiger partial charge in [-0.25, -0.2) is 0 Å². The van der Waals surface area contributed by atoms with Gasteiger partial charge >= 0.3 is 0 Å². The molecule has 0 aliphatic carbocycles. The molecule has 21 heavy (non-hydrogen) atoms. The molecule has 2 rings (SSSR count). The van der Waals surface area contributed by atoms with Gasteiger partial charge in [-0.2, -0.15) is 0 Å². The first-order valence-electron chi connectivity index (χ1n) is 7.25. The number of thiophene rings is 1. The molecule has 0 spiro atoms. The van der Waals surface area contributed by atoms with Crippen LogP contribution >= 0.6 is 43.2 Å². The summed E-state index contributed by atoms with van der Waals surface area (Å²) in [5, 5.41) is 3.69. The third kappa shape index (κ3) is 4.65. The van der Waals surface area contributed by atoms with E-state index in [0.29, 0.717) is 6.04 Å². The Balaban J connectivity index is 2.26. The van der Waals surface area contributed by atoms with Crippen molar-refractivity contribution in [2.75, 3.05) is 6.54 Å². The molecular formula is C17H21Br2NS. The van der Waals surface area contributed by atoms with E-state index in [-0.39, 0.29) is 0 Å². The van der Waals surface area contributed by atoms with Crippen LogP contribution in [0.2, 0.25) is 0 Å². The van der Waals surface area contributed by atoms with Crippen molar-refractivity contribution in [1.29, 1.82) is 0 Å². The first-order chi connectivity index (χ1) is 10.0. The van der Waals surface area contributed by atoms with Crippen molar-refractivity contribution in [1.82, 2.24) is 5.32 Å². The van der Waals surface area contributed by atoms with E-state index in [1.807, 2.05) is 11.3 Å². The summed E-state index contributed by atoms with van der Waals surface area (Å²) in [6.07, 6.45) is 2.19. The average molecular weight is 431 g/mol. The van der Waals surface area contributed by atoms with Crippen molar-refractivity contribution < 1.29 is 0 Å². The Bertz CT molecular complexity index is 584. The lowest BCUT2D eigenvalue weighted by Crippen LogP contribution is -2.24. The summed E-state index contributed by atoms with van der Waals surface area (Å²) in [6.45, 7) is 7.59. The van der Waals surface area contributed by atoms with E-state index >= 15 is 0 Å². The molecule has 114 valence electrons. The van der Waals surface area contributed by atoms with E-state index < -0.39 is 0 Å². The molecule has 0 amide bonds. The van der Waals surface area contributed by atoms with Gasteiger partial charge in [-0.05, 0) is 71.6 Å². The summed E-state index contributed by atoms with van der Waals surface area (Å²) in [4.78, 5) is 1.41. The Morgan fingerprint density at radius 2 is 1.81 bits per heavy atom. The van der Waals surface area contributed by atoms with Gasteiger partial charge in [0.1, 0.15) is 0 Å². The average Bonchev–Trinajstić information content (AvgIpc) is 2.85. The number of halogens is 2. The fraction of sp³-hybridized carbons (Fsp3) is 0.412. The lowest BCUT2D eigenvalue weighted by atomic mass is 9.98. The summed E-state index contributed by atoms with van der Waals surface area (Å²) in [7, 11) is 0. The van der Waals surface area contributed by atoms with Crippen LogP contribution in [0.1, 0.15) is 41.0 Å². The highest BCUT2D eigenvalue weighted by atomic mass is 79.9. The van der Waals surface area contributed by atoms with Gasteiger partial charge in [0.15, 0.2) is 0 Å². The maximum absolute atomic E-state index is 3.69. The highest BCUT2D eigenvalue weighted by Crippen LogP contribution is 2.30. The van der Waals surface area contributed by atoms with E-state index in [1.165, 1.54) is 29.8 Å². The van der Waals surface area contributed by atoms with Crippen molar-refractivity contribution in [3.05, 3.63) is 54.1 Å². The van der Waals surface area contributed by atoms with Crippen LogP contribution in [0.25, 0.3) is 0 Å². The maximum atomic E-state index is 3.69. The van der Waals surface area contributed by atoms with E-state index in [2.05, 4.69) is 82.2 Å². The molecule has 0 saturated heterocycles. The van der Waals surface area contributed by atoms with Crippen LogP contribution < -0.4 is 5.32 Å².